The highest BCUT2D eigenvalue weighted by atomic mass is 35.5. The third-order valence-corrected chi connectivity index (χ3v) is 3.69. The Kier molecular flexibility index (Phi) is 6.44. The van der Waals surface area contributed by atoms with Gasteiger partial charge >= 0.3 is 0 Å². The second-order valence-corrected chi connectivity index (χ2v) is 6.81. The highest BCUT2D eigenvalue weighted by molar-refractivity contribution is 7.92. The molecular formula is C13H20ClN3O3S. The van der Waals surface area contributed by atoms with Gasteiger partial charge in [-0.2, -0.15) is 0 Å². The van der Waals surface area contributed by atoms with Gasteiger partial charge in [0.1, 0.15) is 0 Å². The van der Waals surface area contributed by atoms with Crippen LogP contribution in [-0.2, 0) is 14.8 Å². The van der Waals surface area contributed by atoms with Gasteiger partial charge in [-0.25, -0.2) is 8.42 Å². The topological polar surface area (TPSA) is 87.3 Å². The van der Waals surface area contributed by atoms with E-state index in [-0.39, 0.29) is 18.3 Å². The molecule has 1 amide bonds. The quantitative estimate of drug-likeness (QED) is 0.760. The number of hydrogen-bond acceptors (Lipinski definition) is 4. The fourth-order valence-electron chi connectivity index (χ4n) is 2.24. The number of rotatable bonds is 5. The molecule has 0 saturated carbocycles. The summed E-state index contributed by atoms with van der Waals surface area (Å²) in [6.45, 7) is 1.84. The molecule has 1 heterocycles. The molecule has 0 aliphatic carbocycles. The second kappa shape index (κ2) is 7.63. The Morgan fingerprint density at radius 2 is 2.10 bits per heavy atom. The second-order valence-electron chi connectivity index (χ2n) is 5.07. The average Bonchev–Trinajstić information content (AvgIpc) is 2.79. The van der Waals surface area contributed by atoms with Crippen LogP contribution in [0.5, 0.6) is 0 Å². The molecule has 1 saturated heterocycles. The normalized spacial score (nSPS) is 17.9. The van der Waals surface area contributed by atoms with E-state index >= 15 is 0 Å². The maximum atomic E-state index is 11.9. The summed E-state index contributed by atoms with van der Waals surface area (Å²) in [4.78, 5) is 11.9. The van der Waals surface area contributed by atoms with Crippen LogP contribution in [0.1, 0.15) is 12.8 Å². The van der Waals surface area contributed by atoms with Crippen LogP contribution < -0.4 is 15.4 Å². The van der Waals surface area contributed by atoms with Crippen molar-refractivity contribution in [2.45, 2.75) is 12.8 Å². The van der Waals surface area contributed by atoms with Gasteiger partial charge in [-0.05, 0) is 43.6 Å². The van der Waals surface area contributed by atoms with E-state index in [4.69, 9.17) is 0 Å². The molecular weight excluding hydrogens is 314 g/mol. The Hall–Kier alpha value is -1.31. The first kappa shape index (κ1) is 17.7. The zero-order valence-electron chi connectivity index (χ0n) is 11.8. The lowest BCUT2D eigenvalue weighted by molar-refractivity contribution is -0.116. The van der Waals surface area contributed by atoms with Crippen LogP contribution in [0.2, 0.25) is 0 Å². The van der Waals surface area contributed by atoms with Crippen LogP contribution in [0.15, 0.2) is 24.3 Å². The van der Waals surface area contributed by atoms with Gasteiger partial charge in [0, 0.05) is 12.1 Å². The summed E-state index contributed by atoms with van der Waals surface area (Å²) >= 11 is 0. The first-order valence-electron chi connectivity index (χ1n) is 6.51. The molecule has 0 aromatic heterocycles. The van der Waals surface area contributed by atoms with Gasteiger partial charge in [-0.1, -0.05) is 6.07 Å². The van der Waals surface area contributed by atoms with Crippen molar-refractivity contribution < 1.29 is 13.2 Å². The van der Waals surface area contributed by atoms with Gasteiger partial charge < -0.3 is 10.6 Å². The van der Waals surface area contributed by atoms with Crippen molar-refractivity contribution in [1.82, 2.24) is 5.32 Å². The van der Waals surface area contributed by atoms with Gasteiger partial charge in [-0.3, -0.25) is 9.52 Å². The van der Waals surface area contributed by atoms with Gasteiger partial charge in [0.2, 0.25) is 15.9 Å². The molecule has 1 aromatic carbocycles. The van der Waals surface area contributed by atoms with E-state index in [1.165, 1.54) is 0 Å². The van der Waals surface area contributed by atoms with Crippen LogP contribution in [-0.4, -0.2) is 33.7 Å². The lowest BCUT2D eigenvalue weighted by atomic mass is 10.0. The molecule has 1 unspecified atom stereocenters. The standard InChI is InChI=1S/C13H19N3O3S.ClH/c1-20(18,19)16-12-4-2-3-11(8-12)15-13(17)7-10-5-6-14-9-10;/h2-4,8,10,14,16H,5-7,9H2,1H3,(H,15,17);1H. The number of carbonyl (C=O) groups excluding carboxylic acids is 1. The number of anilines is 2. The minimum Gasteiger partial charge on any atom is -0.326 e. The third kappa shape index (κ3) is 6.33. The van der Waals surface area contributed by atoms with Crippen LogP contribution >= 0.6 is 12.4 Å². The number of hydrogen-bond donors (Lipinski definition) is 3. The number of carbonyl (C=O) groups is 1. The summed E-state index contributed by atoms with van der Waals surface area (Å²) < 4.78 is 24.7. The molecule has 1 atom stereocenters. The van der Waals surface area contributed by atoms with Gasteiger partial charge in [0.25, 0.3) is 0 Å². The van der Waals surface area contributed by atoms with E-state index in [9.17, 15) is 13.2 Å². The molecule has 0 bridgehead atoms. The lowest BCUT2D eigenvalue weighted by Gasteiger charge is -2.10. The number of halogens is 1. The zero-order chi connectivity index (χ0) is 14.6. The van der Waals surface area contributed by atoms with Crippen molar-refractivity contribution in [1.29, 1.82) is 0 Å². The van der Waals surface area contributed by atoms with Crippen LogP contribution in [0.25, 0.3) is 0 Å². The summed E-state index contributed by atoms with van der Waals surface area (Å²) in [6.07, 6.45) is 2.59. The minimum absolute atomic E-state index is 0. The Balaban J connectivity index is 0.00000220. The van der Waals surface area contributed by atoms with Gasteiger partial charge in [0.15, 0.2) is 0 Å². The van der Waals surface area contributed by atoms with Crippen LogP contribution in [0.3, 0.4) is 0 Å². The molecule has 1 fully saturated rings. The van der Waals surface area contributed by atoms with E-state index in [0.717, 1.165) is 25.8 Å². The molecule has 6 nitrogen and oxygen atoms in total. The average molecular weight is 334 g/mol. The molecule has 0 radical (unpaired) electrons. The largest absolute Gasteiger partial charge is 0.326 e. The maximum absolute atomic E-state index is 11.9. The predicted molar refractivity (Wildman–Crippen MR) is 86.4 cm³/mol. The Bertz CT molecular complexity index is 586. The van der Waals surface area contributed by atoms with Crippen molar-refractivity contribution in [3.63, 3.8) is 0 Å². The fourth-order valence-corrected chi connectivity index (χ4v) is 2.79. The van der Waals surface area contributed by atoms with Gasteiger partial charge in [-0.15, -0.1) is 12.4 Å². The molecule has 3 N–H and O–H groups in total. The summed E-state index contributed by atoms with van der Waals surface area (Å²) in [5.41, 5.74) is 1.03. The summed E-state index contributed by atoms with van der Waals surface area (Å²) in [5, 5.41) is 6.01. The first-order valence-corrected chi connectivity index (χ1v) is 8.40. The molecule has 21 heavy (non-hydrogen) atoms. The number of nitrogens with one attached hydrogen (secondary N) is 3. The van der Waals surface area contributed by atoms with Crippen molar-refractivity contribution >= 4 is 39.7 Å². The lowest BCUT2D eigenvalue weighted by Crippen LogP contribution is -2.18. The fraction of sp³-hybridized carbons (Fsp3) is 0.462. The third-order valence-electron chi connectivity index (χ3n) is 3.09. The zero-order valence-corrected chi connectivity index (χ0v) is 13.4. The highest BCUT2D eigenvalue weighted by Crippen LogP contribution is 2.18. The van der Waals surface area contributed by atoms with Crippen molar-refractivity contribution in [3.8, 4) is 0 Å². The van der Waals surface area contributed by atoms with E-state index in [1.54, 1.807) is 24.3 Å². The SMILES string of the molecule is CS(=O)(=O)Nc1cccc(NC(=O)CC2CCNC2)c1.Cl. The van der Waals surface area contributed by atoms with E-state index in [0.29, 0.717) is 23.7 Å². The first-order chi connectivity index (χ1) is 9.42. The smallest absolute Gasteiger partial charge is 0.229 e. The summed E-state index contributed by atoms with van der Waals surface area (Å²) in [6, 6.07) is 6.67. The van der Waals surface area contributed by atoms with Crippen molar-refractivity contribution in [2.24, 2.45) is 5.92 Å². The van der Waals surface area contributed by atoms with Crippen LogP contribution in [0, 0.1) is 5.92 Å². The van der Waals surface area contributed by atoms with Gasteiger partial charge in [0.05, 0.1) is 11.9 Å². The van der Waals surface area contributed by atoms with Crippen molar-refractivity contribution in [2.75, 3.05) is 29.4 Å². The Morgan fingerprint density at radius 1 is 1.38 bits per heavy atom. The molecule has 2 rings (SSSR count). The van der Waals surface area contributed by atoms with E-state index in [2.05, 4.69) is 15.4 Å². The molecule has 8 heteroatoms. The Morgan fingerprint density at radius 3 is 2.71 bits per heavy atom. The van der Waals surface area contributed by atoms with Crippen LogP contribution in [0.4, 0.5) is 11.4 Å². The molecule has 1 aliphatic heterocycles. The molecule has 118 valence electrons. The predicted octanol–water partition coefficient (Wildman–Crippen LogP) is 1.42. The summed E-state index contributed by atoms with van der Waals surface area (Å²) in [5.74, 6) is 0.336. The summed E-state index contributed by atoms with van der Waals surface area (Å²) in [7, 11) is -3.31. The maximum Gasteiger partial charge on any atom is 0.229 e. The molecule has 1 aromatic rings. The molecule has 1 aliphatic rings. The van der Waals surface area contributed by atoms with E-state index in [1.807, 2.05) is 0 Å². The number of benzene rings is 1. The Labute approximate surface area is 131 Å². The molecule has 0 spiro atoms. The minimum atomic E-state index is -3.31. The monoisotopic (exact) mass is 333 g/mol. The van der Waals surface area contributed by atoms with Crippen molar-refractivity contribution in [3.05, 3.63) is 24.3 Å². The van der Waals surface area contributed by atoms with E-state index < -0.39 is 10.0 Å². The highest BCUT2D eigenvalue weighted by Gasteiger charge is 2.18. The number of sulfonamides is 1. The number of amides is 1.